The van der Waals surface area contributed by atoms with Gasteiger partial charge in [-0.25, -0.2) is 9.97 Å². The van der Waals surface area contributed by atoms with Crippen molar-refractivity contribution in [2.45, 2.75) is 51.5 Å². The highest BCUT2D eigenvalue weighted by atomic mass is 32.1. The number of anilines is 1. The van der Waals surface area contributed by atoms with Crippen molar-refractivity contribution in [3.8, 4) is 6.07 Å². The molecule has 7 rings (SSSR count). The minimum atomic E-state index is -4.25. The molecule has 3 aliphatic rings. The van der Waals surface area contributed by atoms with Crippen molar-refractivity contribution in [1.82, 2.24) is 29.7 Å². The largest absolute Gasteiger partial charge is 0.393 e. The minimum absolute atomic E-state index is 0.167. The topological polar surface area (TPSA) is 102 Å². The van der Waals surface area contributed by atoms with Crippen LogP contribution in [0.1, 0.15) is 34.5 Å². The molecule has 3 fully saturated rings. The number of piperidine rings is 1. The average molecular weight is 685 g/mol. The first kappa shape index (κ1) is 33.7. The summed E-state index contributed by atoms with van der Waals surface area (Å²) in [6, 6.07) is 10.7. The summed E-state index contributed by atoms with van der Waals surface area (Å²) in [5.41, 5.74) is 4.37. The molecule has 3 saturated heterocycles. The predicted octanol–water partition coefficient (Wildman–Crippen LogP) is 6.07. The Labute approximate surface area is 278 Å². The summed E-state index contributed by atoms with van der Waals surface area (Å²) < 4.78 is 49.9. The fourth-order valence-corrected chi connectivity index (χ4v) is 8.40. The molecule has 1 aromatic carbocycles. The average Bonchev–Trinajstić information content (AvgIpc) is 3.80. The molecule has 3 aromatic heterocycles. The molecule has 47 heavy (non-hydrogen) atoms. The summed E-state index contributed by atoms with van der Waals surface area (Å²) in [6.07, 6.45) is -1.95. The number of aromatic nitrogens is 3. The molecule has 2 atom stereocenters. The lowest BCUT2D eigenvalue weighted by Gasteiger charge is -2.33. The normalized spacial score (nSPS) is 20.9. The number of aryl methyl sites for hydroxylation is 1. The van der Waals surface area contributed by atoms with Crippen LogP contribution in [-0.4, -0.2) is 89.0 Å². The van der Waals surface area contributed by atoms with Gasteiger partial charge in [0.25, 0.3) is 0 Å². The van der Waals surface area contributed by atoms with E-state index < -0.39 is 12.6 Å². The van der Waals surface area contributed by atoms with Gasteiger partial charge in [0.1, 0.15) is 28.7 Å². The number of likely N-dealkylation sites (tertiary alicyclic amines) is 2. The summed E-state index contributed by atoms with van der Waals surface area (Å²) >= 11 is 1.08. The number of thiophene rings is 1. The van der Waals surface area contributed by atoms with Gasteiger partial charge in [-0.1, -0.05) is 6.07 Å². The quantitative estimate of drug-likeness (QED) is 0.216. The zero-order valence-corrected chi connectivity index (χ0v) is 28.4. The van der Waals surface area contributed by atoms with Crippen molar-refractivity contribution in [3.63, 3.8) is 0 Å². The molecule has 3 aliphatic heterocycles. The van der Waals surface area contributed by atoms with Crippen LogP contribution in [-0.2, 0) is 24.1 Å². The number of alkyl halides is 3. The van der Waals surface area contributed by atoms with Crippen molar-refractivity contribution >= 4 is 46.7 Å². The summed E-state index contributed by atoms with van der Waals surface area (Å²) in [5.74, 6) is 2.14. The highest BCUT2D eigenvalue weighted by Gasteiger charge is 2.36. The van der Waals surface area contributed by atoms with Gasteiger partial charge in [0.2, 0.25) is 0 Å². The number of halogens is 3. The molecule has 9 nitrogen and oxygen atoms in total. The van der Waals surface area contributed by atoms with Crippen molar-refractivity contribution in [3.05, 3.63) is 52.3 Å². The van der Waals surface area contributed by atoms with Crippen LogP contribution >= 0.6 is 19.8 Å². The second-order valence-electron chi connectivity index (χ2n) is 12.8. The molecule has 6 heterocycles. The monoisotopic (exact) mass is 684 g/mol. The van der Waals surface area contributed by atoms with Crippen LogP contribution in [0.15, 0.2) is 30.6 Å². The standard InChI is InChI=1S/C32H37F3N8S.CH3OP/c1-20-21(2-3-29-27(20)10-25(13-36)43(29)9-8-42-17-22-14-37-15-23(22)18-42)16-41-6-4-24(5-7-41)40-30-28-11-26(12-32(33,34)35)44-31(28)39-19-38-30;1-3-2/h2-3,10-11,19,22-24,37H,4-9,12,14-18H2,1H3,(H,38,39,40);1H3. The zero-order chi connectivity index (χ0) is 33.1. The molecule has 2 N–H and O–H groups in total. The van der Waals surface area contributed by atoms with Gasteiger partial charge in [0.05, 0.1) is 11.8 Å². The fourth-order valence-electron chi connectivity index (χ4n) is 7.38. The lowest BCUT2D eigenvalue weighted by molar-refractivity contribution is -0.126. The Morgan fingerprint density at radius 2 is 1.81 bits per heavy atom. The van der Waals surface area contributed by atoms with Crippen LogP contribution < -0.4 is 10.6 Å². The third-order valence-corrected chi connectivity index (χ3v) is 10.8. The summed E-state index contributed by atoms with van der Waals surface area (Å²) in [7, 11) is 0.167. The van der Waals surface area contributed by atoms with Gasteiger partial charge in [0.15, 0.2) is 8.46 Å². The Morgan fingerprint density at radius 3 is 2.49 bits per heavy atom. The van der Waals surface area contributed by atoms with E-state index in [-0.39, 0.29) is 19.4 Å². The zero-order valence-electron chi connectivity index (χ0n) is 26.7. The molecule has 250 valence electrons. The SMILES string of the molecule is CP=O.Cc1c(CN2CCC(Nc3ncnc4sc(CC(F)(F)F)cc34)CC2)ccc2c1cc(C#N)n2CCN1CC2CNCC2C1. The molecular formula is C33H40F3N8OPS. The van der Waals surface area contributed by atoms with Crippen molar-refractivity contribution in [1.29, 1.82) is 5.26 Å². The maximum Gasteiger partial charge on any atom is 0.393 e. The van der Waals surface area contributed by atoms with Gasteiger partial charge in [0, 0.05) is 74.3 Å². The molecule has 0 spiro atoms. The maximum absolute atomic E-state index is 12.9. The Morgan fingerprint density at radius 1 is 1.09 bits per heavy atom. The molecule has 14 heteroatoms. The van der Waals surface area contributed by atoms with Crippen molar-refractivity contribution in [2.24, 2.45) is 11.8 Å². The van der Waals surface area contributed by atoms with E-state index in [0.29, 0.717) is 16.0 Å². The number of benzene rings is 1. The smallest absolute Gasteiger partial charge is 0.367 e. The van der Waals surface area contributed by atoms with Crippen molar-refractivity contribution in [2.75, 3.05) is 57.8 Å². The number of hydrogen-bond donors (Lipinski definition) is 2. The highest BCUT2D eigenvalue weighted by Crippen LogP contribution is 2.34. The third-order valence-electron chi connectivity index (χ3n) is 9.76. The van der Waals surface area contributed by atoms with Gasteiger partial charge in [-0.15, -0.1) is 11.3 Å². The van der Waals surface area contributed by atoms with E-state index >= 15 is 0 Å². The first-order valence-electron chi connectivity index (χ1n) is 16.1. The molecule has 4 aromatic rings. The summed E-state index contributed by atoms with van der Waals surface area (Å²) in [5, 5.41) is 18.8. The Kier molecular flexibility index (Phi) is 10.4. The minimum Gasteiger partial charge on any atom is -0.367 e. The lowest BCUT2D eigenvalue weighted by Crippen LogP contribution is -2.39. The predicted molar refractivity (Wildman–Crippen MR) is 180 cm³/mol. The van der Waals surface area contributed by atoms with Crippen molar-refractivity contribution < 1.29 is 17.7 Å². The van der Waals surface area contributed by atoms with Crippen LogP contribution in [0.25, 0.3) is 21.1 Å². The number of nitriles is 1. The van der Waals surface area contributed by atoms with Gasteiger partial charge in [-0.3, -0.25) is 9.46 Å². The van der Waals surface area contributed by atoms with Gasteiger partial charge in [-0.05, 0) is 74.0 Å². The lowest BCUT2D eigenvalue weighted by atomic mass is 10.0. The molecule has 0 amide bonds. The Bertz CT molecular complexity index is 1750. The van der Waals surface area contributed by atoms with E-state index in [1.807, 2.05) is 0 Å². The van der Waals surface area contributed by atoms with E-state index in [2.05, 4.69) is 66.2 Å². The van der Waals surface area contributed by atoms with Gasteiger partial charge in [-0.2, -0.15) is 18.4 Å². The second-order valence-corrected chi connectivity index (χ2v) is 14.3. The summed E-state index contributed by atoms with van der Waals surface area (Å²) in [6.45, 7) is 12.7. The van der Waals surface area contributed by atoms with Crippen LogP contribution in [0.2, 0.25) is 0 Å². The fraction of sp³-hybridized carbons (Fsp3) is 0.545. The highest BCUT2D eigenvalue weighted by molar-refractivity contribution is 7.22. The Hall–Kier alpha value is -3.14. The number of nitrogens with one attached hydrogen (secondary N) is 2. The van der Waals surface area contributed by atoms with E-state index in [1.165, 1.54) is 17.5 Å². The van der Waals surface area contributed by atoms with E-state index in [0.717, 1.165) is 112 Å². The van der Waals surface area contributed by atoms with Gasteiger partial charge >= 0.3 is 6.18 Å². The molecule has 0 radical (unpaired) electrons. The molecule has 0 saturated carbocycles. The second kappa shape index (κ2) is 14.5. The molecular weight excluding hydrogens is 644 g/mol. The number of rotatable bonds is 8. The first-order valence-corrected chi connectivity index (χ1v) is 18.2. The number of nitrogens with zero attached hydrogens (tertiary/aromatic N) is 6. The van der Waals surface area contributed by atoms with E-state index in [4.69, 9.17) is 4.57 Å². The Balaban J connectivity index is 0.00000124. The maximum atomic E-state index is 12.9. The van der Waals surface area contributed by atoms with E-state index in [9.17, 15) is 18.4 Å². The van der Waals surface area contributed by atoms with Crippen LogP contribution in [0.3, 0.4) is 0 Å². The van der Waals surface area contributed by atoms with Gasteiger partial charge < -0.3 is 20.1 Å². The number of fused-ring (bicyclic) bond motifs is 3. The number of hydrogen-bond acceptors (Lipinski definition) is 9. The van der Waals surface area contributed by atoms with Crippen LogP contribution in [0, 0.1) is 30.1 Å². The molecule has 0 aliphatic carbocycles. The molecule has 0 bridgehead atoms. The summed E-state index contributed by atoms with van der Waals surface area (Å²) in [4.78, 5) is 14.4. The third kappa shape index (κ3) is 7.79. The van der Waals surface area contributed by atoms with E-state index in [1.54, 1.807) is 12.7 Å². The first-order chi connectivity index (χ1) is 22.6. The van der Waals surface area contributed by atoms with Crippen LogP contribution in [0.4, 0.5) is 19.0 Å². The molecule has 2 unspecified atom stereocenters. The van der Waals surface area contributed by atoms with Crippen LogP contribution in [0.5, 0.6) is 0 Å².